The molecule has 1 aromatic carbocycles. The molecule has 0 radical (unpaired) electrons. The number of hydrogen-bond acceptors (Lipinski definition) is 9. The minimum Gasteiger partial charge on any atom is -0.414 e. The number of rotatable bonds is 6. The largest absolute Gasteiger partial charge is 0.414 e. The van der Waals surface area contributed by atoms with Gasteiger partial charge in [0.25, 0.3) is 0 Å². The van der Waals surface area contributed by atoms with E-state index in [9.17, 15) is 5.11 Å². The third-order valence-electron chi connectivity index (χ3n) is 7.25. The third-order valence-corrected chi connectivity index (χ3v) is 11.8. The van der Waals surface area contributed by atoms with Gasteiger partial charge in [0, 0.05) is 5.69 Å². The SMILES string of the molecule is CC(C)(C)[Si](C)(C)OC[C@H]1OC(O)(c2ccc3c(N)ncnn23)[C@@H]2OC(Nc3ccccc3)O[C@@H]21. The standard InChI is InChI=1S/C24H33N5O5Si/c1-23(2,3)35(4,5)31-13-17-19-20(33-22(32-19)28-15-9-7-6-8-10-15)24(30,34-17)18-12-11-16-21(25)26-14-27-29(16)18/h6-12,14,17,19-20,22,28,30H,13H2,1-5H3,(H2,25,26,27)/t17-,19-,20-,22?,24?/m1/s1. The van der Waals surface area contributed by atoms with Gasteiger partial charge in [-0.1, -0.05) is 39.0 Å². The van der Waals surface area contributed by atoms with E-state index in [-0.39, 0.29) is 11.6 Å². The Bertz CT molecular complexity index is 1200. The minimum absolute atomic E-state index is 0.0257. The molecule has 4 heterocycles. The summed E-state index contributed by atoms with van der Waals surface area (Å²) in [5.41, 5.74) is 7.80. The zero-order chi connectivity index (χ0) is 25.0. The second kappa shape index (κ2) is 8.54. The molecule has 188 valence electrons. The average Bonchev–Trinajstić information content (AvgIpc) is 3.48. The summed E-state index contributed by atoms with van der Waals surface area (Å²) in [4.78, 5) is 4.03. The lowest BCUT2D eigenvalue weighted by Crippen LogP contribution is -2.44. The number of benzene rings is 1. The highest BCUT2D eigenvalue weighted by Crippen LogP contribution is 2.46. The number of nitrogens with two attached hydrogens (primary N) is 1. The number of fused-ring (bicyclic) bond motifs is 2. The number of nitrogens with zero attached hydrogens (tertiary/aromatic N) is 3. The molecule has 2 aromatic heterocycles. The molecular formula is C24H33N5O5Si. The molecule has 5 atom stereocenters. The summed E-state index contributed by atoms with van der Waals surface area (Å²) < 4.78 is 26.7. The van der Waals surface area contributed by atoms with E-state index in [0.29, 0.717) is 17.0 Å². The Labute approximate surface area is 205 Å². The highest BCUT2D eigenvalue weighted by atomic mass is 28.4. The van der Waals surface area contributed by atoms with Crippen LogP contribution in [0.3, 0.4) is 0 Å². The lowest BCUT2D eigenvalue weighted by molar-refractivity contribution is -0.265. The maximum absolute atomic E-state index is 11.9. The summed E-state index contributed by atoms with van der Waals surface area (Å²) in [5, 5.41) is 19.5. The number of para-hydroxylation sites is 1. The van der Waals surface area contributed by atoms with Gasteiger partial charge in [-0.25, -0.2) is 9.50 Å². The van der Waals surface area contributed by atoms with Crippen molar-refractivity contribution in [3.8, 4) is 0 Å². The molecule has 0 spiro atoms. The van der Waals surface area contributed by atoms with Gasteiger partial charge >= 0.3 is 0 Å². The van der Waals surface area contributed by atoms with Gasteiger partial charge in [-0.2, -0.15) is 5.10 Å². The van der Waals surface area contributed by atoms with E-state index in [0.717, 1.165) is 5.69 Å². The summed E-state index contributed by atoms with van der Waals surface area (Å²) >= 11 is 0. The van der Waals surface area contributed by atoms with Gasteiger partial charge in [0.05, 0.1) is 6.61 Å². The van der Waals surface area contributed by atoms with E-state index in [4.69, 9.17) is 24.4 Å². The summed E-state index contributed by atoms with van der Waals surface area (Å²) in [6.07, 6.45) is -1.40. The van der Waals surface area contributed by atoms with Gasteiger partial charge in [0.15, 0.2) is 20.2 Å². The monoisotopic (exact) mass is 499 g/mol. The first-order chi connectivity index (χ1) is 16.5. The summed E-state index contributed by atoms with van der Waals surface area (Å²) in [7, 11) is -2.07. The molecule has 0 bridgehead atoms. The molecule has 5 rings (SSSR count). The zero-order valence-electron chi connectivity index (χ0n) is 20.6. The maximum atomic E-state index is 11.9. The van der Waals surface area contributed by atoms with Crippen molar-refractivity contribution in [3.63, 3.8) is 0 Å². The Kier molecular flexibility index (Phi) is 5.90. The number of anilines is 2. The van der Waals surface area contributed by atoms with Crippen LogP contribution in [0.15, 0.2) is 48.8 Å². The average molecular weight is 500 g/mol. The summed E-state index contributed by atoms with van der Waals surface area (Å²) in [6, 6.07) is 13.1. The second-order valence-electron chi connectivity index (χ2n) is 10.6. The number of aliphatic hydroxyl groups is 1. The molecular weight excluding hydrogens is 466 g/mol. The summed E-state index contributed by atoms with van der Waals surface area (Å²) in [5.74, 6) is -1.54. The molecule has 2 fully saturated rings. The molecule has 2 aliphatic heterocycles. The van der Waals surface area contributed by atoms with Crippen LogP contribution in [0.5, 0.6) is 0 Å². The number of nitrogen functional groups attached to an aromatic ring is 1. The molecule has 0 amide bonds. The van der Waals surface area contributed by atoms with Crippen LogP contribution >= 0.6 is 0 Å². The van der Waals surface area contributed by atoms with E-state index in [2.05, 4.69) is 49.3 Å². The first kappa shape index (κ1) is 24.2. The molecule has 2 unspecified atom stereocenters. The maximum Gasteiger partial charge on any atom is 0.240 e. The Morgan fingerprint density at radius 3 is 2.63 bits per heavy atom. The van der Waals surface area contributed by atoms with Crippen LogP contribution in [0.4, 0.5) is 11.5 Å². The van der Waals surface area contributed by atoms with Crippen LogP contribution in [0.25, 0.3) is 5.52 Å². The first-order valence-electron chi connectivity index (χ1n) is 11.7. The molecule has 0 aliphatic carbocycles. The van der Waals surface area contributed by atoms with Crippen molar-refractivity contribution >= 4 is 25.3 Å². The van der Waals surface area contributed by atoms with Crippen molar-refractivity contribution in [2.45, 2.75) is 69.4 Å². The summed E-state index contributed by atoms with van der Waals surface area (Å²) in [6.45, 7) is 11.2. The molecule has 2 aliphatic rings. The zero-order valence-corrected chi connectivity index (χ0v) is 21.6. The van der Waals surface area contributed by atoms with Gasteiger partial charge < -0.3 is 34.8 Å². The third kappa shape index (κ3) is 4.22. The molecule has 35 heavy (non-hydrogen) atoms. The predicted molar refractivity (Wildman–Crippen MR) is 133 cm³/mol. The Morgan fingerprint density at radius 1 is 1.17 bits per heavy atom. The molecule has 11 heteroatoms. The second-order valence-corrected chi connectivity index (χ2v) is 15.4. The van der Waals surface area contributed by atoms with Gasteiger partial charge in [-0.15, -0.1) is 0 Å². The fourth-order valence-corrected chi connectivity index (χ4v) is 5.24. The highest BCUT2D eigenvalue weighted by molar-refractivity contribution is 6.74. The van der Waals surface area contributed by atoms with Crippen LogP contribution in [-0.4, -0.2) is 59.4 Å². The van der Waals surface area contributed by atoms with Crippen molar-refractivity contribution in [1.29, 1.82) is 0 Å². The van der Waals surface area contributed by atoms with Gasteiger partial charge in [0.1, 0.15) is 29.7 Å². The number of ether oxygens (including phenoxy) is 3. The van der Waals surface area contributed by atoms with Crippen LogP contribution in [0.2, 0.25) is 18.1 Å². The minimum atomic E-state index is -2.07. The molecule has 0 saturated carbocycles. The Balaban J connectivity index is 1.46. The van der Waals surface area contributed by atoms with Gasteiger partial charge in [-0.05, 0) is 42.4 Å². The molecule has 2 saturated heterocycles. The van der Waals surface area contributed by atoms with Gasteiger partial charge in [0.2, 0.25) is 12.2 Å². The molecule has 10 nitrogen and oxygen atoms in total. The van der Waals surface area contributed by atoms with Crippen molar-refractivity contribution in [2.24, 2.45) is 0 Å². The van der Waals surface area contributed by atoms with Crippen molar-refractivity contribution in [1.82, 2.24) is 14.6 Å². The Hall–Kier alpha value is -2.54. The van der Waals surface area contributed by atoms with E-state index >= 15 is 0 Å². The van der Waals surface area contributed by atoms with Crippen LogP contribution in [-0.2, 0) is 24.4 Å². The smallest absolute Gasteiger partial charge is 0.240 e. The van der Waals surface area contributed by atoms with E-state index in [1.165, 1.54) is 10.8 Å². The van der Waals surface area contributed by atoms with Crippen LogP contribution in [0.1, 0.15) is 26.5 Å². The number of nitrogens with one attached hydrogen (secondary N) is 1. The quantitative estimate of drug-likeness (QED) is 0.439. The van der Waals surface area contributed by atoms with Crippen LogP contribution < -0.4 is 11.1 Å². The fourth-order valence-electron chi connectivity index (χ4n) is 4.22. The van der Waals surface area contributed by atoms with Crippen molar-refractivity contribution in [3.05, 3.63) is 54.5 Å². The van der Waals surface area contributed by atoms with Crippen molar-refractivity contribution < 1.29 is 23.7 Å². The first-order valence-corrected chi connectivity index (χ1v) is 14.7. The highest BCUT2D eigenvalue weighted by Gasteiger charge is 2.63. The fraction of sp³-hybridized carbons (Fsp3) is 0.500. The van der Waals surface area contributed by atoms with E-state index < -0.39 is 38.8 Å². The molecule has 3 aromatic rings. The van der Waals surface area contributed by atoms with Crippen molar-refractivity contribution in [2.75, 3.05) is 17.7 Å². The predicted octanol–water partition coefficient (Wildman–Crippen LogP) is 3.06. The topological polar surface area (TPSA) is 125 Å². The van der Waals surface area contributed by atoms with Gasteiger partial charge in [-0.3, -0.25) is 0 Å². The molecule has 4 N–H and O–H groups in total. The van der Waals surface area contributed by atoms with E-state index in [1.807, 2.05) is 30.3 Å². The normalized spacial score (nSPS) is 29.0. The number of aromatic nitrogens is 3. The number of hydrogen-bond donors (Lipinski definition) is 3. The Morgan fingerprint density at radius 2 is 1.91 bits per heavy atom. The van der Waals surface area contributed by atoms with Crippen LogP contribution in [0, 0.1) is 0 Å². The lowest BCUT2D eigenvalue weighted by Gasteiger charge is -2.37. The lowest BCUT2D eigenvalue weighted by atomic mass is 10.0. The van der Waals surface area contributed by atoms with E-state index in [1.54, 1.807) is 12.1 Å².